The van der Waals surface area contributed by atoms with Crippen molar-refractivity contribution in [3.8, 4) is 0 Å². The Morgan fingerprint density at radius 3 is 2.65 bits per heavy atom. The Hall–Kier alpha value is -2.08. The molecule has 0 saturated carbocycles. The molecule has 0 radical (unpaired) electrons. The zero-order valence-electron chi connectivity index (χ0n) is 10.6. The molecule has 0 aromatic heterocycles. The monoisotopic (exact) mass is 292 g/mol. The van der Waals surface area contributed by atoms with Crippen LogP contribution in [0, 0.1) is 15.9 Å². The predicted octanol–water partition coefficient (Wildman–Crippen LogP) is 3.94. The van der Waals surface area contributed by atoms with Gasteiger partial charge in [0.05, 0.1) is 11.0 Å². The highest BCUT2D eigenvalue weighted by Gasteiger charge is 2.14. The molecule has 0 spiro atoms. The zero-order chi connectivity index (χ0) is 14.4. The van der Waals surface area contributed by atoms with Crippen LogP contribution in [-0.2, 0) is 0 Å². The normalized spacial score (nSPS) is 10.2. The lowest BCUT2D eigenvalue weighted by Gasteiger charge is -2.07. The largest absolute Gasteiger partial charge is 0.379 e. The molecule has 2 rings (SSSR count). The van der Waals surface area contributed by atoms with E-state index in [2.05, 4.69) is 5.32 Å². The molecular formula is C14H13FN2O2S. The minimum atomic E-state index is -0.610. The van der Waals surface area contributed by atoms with E-state index < -0.39 is 10.7 Å². The van der Waals surface area contributed by atoms with Crippen LogP contribution in [0.25, 0.3) is 0 Å². The molecule has 0 aliphatic rings. The van der Waals surface area contributed by atoms with Gasteiger partial charge in [-0.1, -0.05) is 18.2 Å². The van der Waals surface area contributed by atoms with Gasteiger partial charge in [-0.15, -0.1) is 11.8 Å². The standard InChI is InChI=1S/C14H13FN2O2S/c15-11-6-7-13(14(10-11)17(18)19)16-8-9-20-12-4-2-1-3-5-12/h1-7,10,16H,8-9H2. The van der Waals surface area contributed by atoms with E-state index in [0.29, 0.717) is 12.2 Å². The number of nitro benzene ring substituents is 1. The van der Waals surface area contributed by atoms with Crippen molar-refractivity contribution in [2.75, 3.05) is 17.6 Å². The fraction of sp³-hybridized carbons (Fsp3) is 0.143. The highest BCUT2D eigenvalue weighted by molar-refractivity contribution is 7.99. The number of anilines is 1. The lowest BCUT2D eigenvalue weighted by atomic mass is 10.2. The average Bonchev–Trinajstić information content (AvgIpc) is 2.45. The first-order valence-electron chi connectivity index (χ1n) is 6.02. The van der Waals surface area contributed by atoms with Crippen LogP contribution in [0.5, 0.6) is 0 Å². The maximum absolute atomic E-state index is 13.0. The van der Waals surface area contributed by atoms with Crippen LogP contribution in [0.2, 0.25) is 0 Å². The number of nitrogens with one attached hydrogen (secondary N) is 1. The van der Waals surface area contributed by atoms with E-state index in [1.54, 1.807) is 11.8 Å². The molecule has 0 aliphatic carbocycles. The van der Waals surface area contributed by atoms with E-state index in [1.165, 1.54) is 12.1 Å². The Bertz CT molecular complexity index is 593. The van der Waals surface area contributed by atoms with Gasteiger partial charge in [-0.25, -0.2) is 4.39 Å². The Morgan fingerprint density at radius 2 is 1.95 bits per heavy atom. The second kappa shape index (κ2) is 6.91. The highest BCUT2D eigenvalue weighted by Crippen LogP contribution is 2.25. The van der Waals surface area contributed by atoms with Crippen LogP contribution >= 0.6 is 11.8 Å². The maximum atomic E-state index is 13.0. The molecular weight excluding hydrogens is 279 g/mol. The first-order valence-corrected chi connectivity index (χ1v) is 7.01. The molecule has 0 bridgehead atoms. The predicted molar refractivity (Wildman–Crippen MR) is 78.7 cm³/mol. The van der Waals surface area contributed by atoms with Gasteiger partial charge in [0, 0.05) is 17.2 Å². The Kier molecular flexibility index (Phi) is 4.95. The van der Waals surface area contributed by atoms with E-state index in [0.717, 1.165) is 16.7 Å². The summed E-state index contributed by atoms with van der Waals surface area (Å²) >= 11 is 1.65. The van der Waals surface area contributed by atoms with Crippen molar-refractivity contribution in [3.05, 3.63) is 64.5 Å². The molecule has 0 heterocycles. The van der Waals surface area contributed by atoms with Gasteiger partial charge in [0.1, 0.15) is 11.5 Å². The summed E-state index contributed by atoms with van der Waals surface area (Å²) in [7, 11) is 0. The number of rotatable bonds is 6. The molecule has 0 fully saturated rings. The molecule has 0 amide bonds. The summed E-state index contributed by atoms with van der Waals surface area (Å²) in [4.78, 5) is 11.4. The number of hydrogen-bond acceptors (Lipinski definition) is 4. The van der Waals surface area contributed by atoms with Gasteiger partial charge in [0.25, 0.3) is 5.69 Å². The Morgan fingerprint density at radius 1 is 1.20 bits per heavy atom. The first-order chi connectivity index (χ1) is 9.66. The summed E-state index contributed by atoms with van der Waals surface area (Å²) in [5.74, 6) is 0.152. The number of halogens is 1. The summed E-state index contributed by atoms with van der Waals surface area (Å²) in [6.07, 6.45) is 0. The van der Waals surface area contributed by atoms with Gasteiger partial charge in [-0.2, -0.15) is 0 Å². The van der Waals surface area contributed by atoms with Crippen LogP contribution in [0.15, 0.2) is 53.4 Å². The van der Waals surface area contributed by atoms with Gasteiger partial charge < -0.3 is 5.32 Å². The van der Waals surface area contributed by atoms with Gasteiger partial charge in [0.15, 0.2) is 0 Å². The quantitative estimate of drug-likeness (QED) is 0.379. The van der Waals surface area contributed by atoms with Crippen LogP contribution < -0.4 is 5.32 Å². The number of nitro groups is 1. The Balaban J connectivity index is 1.90. The highest BCUT2D eigenvalue weighted by atomic mass is 32.2. The summed E-state index contributed by atoms with van der Waals surface area (Å²) < 4.78 is 13.0. The van der Waals surface area contributed by atoms with Gasteiger partial charge >= 0.3 is 0 Å². The average molecular weight is 292 g/mol. The molecule has 104 valence electrons. The third-order valence-electron chi connectivity index (χ3n) is 2.59. The third kappa shape index (κ3) is 3.96. The fourth-order valence-corrected chi connectivity index (χ4v) is 2.47. The topological polar surface area (TPSA) is 55.2 Å². The molecule has 0 saturated heterocycles. The smallest absolute Gasteiger partial charge is 0.295 e. The molecule has 2 aromatic rings. The van der Waals surface area contributed by atoms with Crippen molar-refractivity contribution < 1.29 is 9.31 Å². The van der Waals surface area contributed by atoms with Crippen LogP contribution in [0.1, 0.15) is 0 Å². The van der Waals surface area contributed by atoms with E-state index in [1.807, 2.05) is 30.3 Å². The first kappa shape index (κ1) is 14.3. The van der Waals surface area contributed by atoms with E-state index in [4.69, 9.17) is 0 Å². The van der Waals surface area contributed by atoms with Gasteiger partial charge in [-0.05, 0) is 24.3 Å². The van der Waals surface area contributed by atoms with Crippen molar-refractivity contribution >= 4 is 23.1 Å². The van der Waals surface area contributed by atoms with E-state index in [9.17, 15) is 14.5 Å². The van der Waals surface area contributed by atoms with Gasteiger partial charge in [-0.3, -0.25) is 10.1 Å². The van der Waals surface area contributed by atoms with Crippen LogP contribution in [0.4, 0.5) is 15.8 Å². The second-order valence-corrected chi connectivity index (χ2v) is 5.18. The molecule has 1 N–H and O–H groups in total. The SMILES string of the molecule is O=[N+]([O-])c1cc(F)ccc1NCCSc1ccccc1. The molecule has 0 unspecified atom stereocenters. The van der Waals surface area contributed by atoms with Crippen LogP contribution in [-0.4, -0.2) is 17.2 Å². The zero-order valence-corrected chi connectivity index (χ0v) is 11.4. The number of benzene rings is 2. The van der Waals surface area contributed by atoms with Crippen molar-refractivity contribution in [2.24, 2.45) is 0 Å². The summed E-state index contributed by atoms with van der Waals surface area (Å²) in [6.45, 7) is 0.562. The Labute approximate surface area is 120 Å². The van der Waals surface area contributed by atoms with Crippen molar-refractivity contribution in [3.63, 3.8) is 0 Å². The number of hydrogen-bond donors (Lipinski definition) is 1. The van der Waals surface area contributed by atoms with Crippen molar-refractivity contribution in [2.45, 2.75) is 4.90 Å². The molecule has 6 heteroatoms. The fourth-order valence-electron chi connectivity index (χ4n) is 1.68. The van der Waals surface area contributed by atoms with E-state index in [-0.39, 0.29) is 5.69 Å². The third-order valence-corrected chi connectivity index (χ3v) is 3.60. The lowest BCUT2D eigenvalue weighted by Crippen LogP contribution is -2.06. The molecule has 20 heavy (non-hydrogen) atoms. The van der Waals surface area contributed by atoms with E-state index >= 15 is 0 Å². The lowest BCUT2D eigenvalue weighted by molar-refractivity contribution is -0.384. The van der Waals surface area contributed by atoms with Crippen molar-refractivity contribution in [1.82, 2.24) is 0 Å². The van der Waals surface area contributed by atoms with Gasteiger partial charge in [0.2, 0.25) is 0 Å². The molecule has 4 nitrogen and oxygen atoms in total. The minimum absolute atomic E-state index is 0.241. The number of thioether (sulfide) groups is 1. The summed E-state index contributed by atoms with van der Waals surface area (Å²) in [5, 5.41) is 13.8. The number of nitrogens with zero attached hydrogens (tertiary/aromatic N) is 1. The molecule has 0 atom stereocenters. The molecule has 0 aliphatic heterocycles. The molecule has 2 aromatic carbocycles. The summed E-state index contributed by atoms with van der Waals surface area (Å²) in [5.41, 5.74) is 0.0970. The van der Waals surface area contributed by atoms with Crippen LogP contribution in [0.3, 0.4) is 0 Å². The summed E-state index contributed by atoms with van der Waals surface area (Å²) in [6, 6.07) is 13.4. The minimum Gasteiger partial charge on any atom is -0.379 e. The maximum Gasteiger partial charge on any atom is 0.295 e. The van der Waals surface area contributed by atoms with Crippen molar-refractivity contribution in [1.29, 1.82) is 0 Å². The second-order valence-electron chi connectivity index (χ2n) is 4.01.